The van der Waals surface area contributed by atoms with E-state index in [9.17, 15) is 4.79 Å². The van der Waals surface area contributed by atoms with Crippen LogP contribution in [0, 0.1) is 0 Å². The Morgan fingerprint density at radius 1 is 1.15 bits per heavy atom. The lowest BCUT2D eigenvalue weighted by Gasteiger charge is -2.36. The van der Waals surface area contributed by atoms with Gasteiger partial charge in [0, 0.05) is 49.8 Å². The molecule has 1 aromatic carbocycles. The minimum atomic E-state index is -0.221. The van der Waals surface area contributed by atoms with E-state index in [-0.39, 0.29) is 11.3 Å². The van der Waals surface area contributed by atoms with E-state index in [1.54, 1.807) is 18.4 Å². The lowest BCUT2D eigenvalue weighted by Crippen LogP contribution is -2.49. The molecule has 4 rings (SSSR count). The highest BCUT2D eigenvalue weighted by molar-refractivity contribution is 7.10. The van der Waals surface area contributed by atoms with Crippen molar-refractivity contribution in [2.45, 2.75) is 18.3 Å². The van der Waals surface area contributed by atoms with Crippen LogP contribution in [0.4, 0.5) is 5.69 Å². The first-order chi connectivity index (χ1) is 13.2. The van der Waals surface area contributed by atoms with E-state index in [1.165, 1.54) is 10.6 Å². The van der Waals surface area contributed by atoms with Crippen molar-refractivity contribution in [1.82, 2.24) is 10.2 Å². The van der Waals surface area contributed by atoms with Crippen LogP contribution in [-0.2, 0) is 10.2 Å². The Morgan fingerprint density at radius 3 is 2.48 bits per heavy atom. The smallest absolute Gasteiger partial charge is 0.231 e. The van der Waals surface area contributed by atoms with Crippen molar-refractivity contribution >= 4 is 22.9 Å². The van der Waals surface area contributed by atoms with Gasteiger partial charge in [0.15, 0.2) is 0 Å². The van der Waals surface area contributed by atoms with Crippen LogP contribution in [0.25, 0.3) is 0 Å². The molecule has 2 heterocycles. The largest absolute Gasteiger partial charge is 0.497 e. The number of methoxy groups -OCH3 is 1. The molecule has 0 bridgehead atoms. The fraction of sp³-hybridized carbons (Fsp3) is 0.476. The van der Waals surface area contributed by atoms with Crippen molar-refractivity contribution in [3.63, 3.8) is 0 Å². The third-order valence-corrected chi connectivity index (χ3v) is 6.77. The van der Waals surface area contributed by atoms with Crippen LogP contribution in [0.15, 0.2) is 41.8 Å². The maximum atomic E-state index is 12.6. The maximum Gasteiger partial charge on any atom is 0.231 e. The number of hydrogen-bond acceptors (Lipinski definition) is 5. The molecule has 2 aromatic rings. The summed E-state index contributed by atoms with van der Waals surface area (Å²) in [5.74, 6) is 1.10. The Labute approximate surface area is 164 Å². The summed E-state index contributed by atoms with van der Waals surface area (Å²) in [6.07, 6.45) is 1.97. The molecular formula is C21H27N3O2S. The highest BCUT2D eigenvalue weighted by atomic mass is 32.1. The van der Waals surface area contributed by atoms with E-state index in [1.807, 2.05) is 18.2 Å². The Bertz CT molecular complexity index is 748. The average molecular weight is 386 g/mol. The van der Waals surface area contributed by atoms with Gasteiger partial charge in [0.2, 0.25) is 5.91 Å². The molecule has 0 spiro atoms. The second kappa shape index (κ2) is 7.90. The quantitative estimate of drug-likeness (QED) is 0.796. The summed E-state index contributed by atoms with van der Waals surface area (Å²) in [5, 5.41) is 5.24. The van der Waals surface area contributed by atoms with Crippen LogP contribution in [0.1, 0.15) is 17.7 Å². The van der Waals surface area contributed by atoms with E-state index in [0.717, 1.165) is 57.9 Å². The predicted molar refractivity (Wildman–Crippen MR) is 110 cm³/mol. The van der Waals surface area contributed by atoms with Crippen LogP contribution in [-0.4, -0.2) is 57.2 Å². The Kier molecular flexibility index (Phi) is 5.36. The highest BCUT2D eigenvalue weighted by Gasteiger charge is 2.51. The Balaban J connectivity index is 1.20. The zero-order valence-corrected chi connectivity index (χ0v) is 16.6. The minimum Gasteiger partial charge on any atom is -0.497 e. The number of benzene rings is 1. The molecule has 1 aromatic heterocycles. The molecule has 5 nitrogen and oxygen atoms in total. The fourth-order valence-electron chi connectivity index (χ4n) is 3.78. The van der Waals surface area contributed by atoms with E-state index in [4.69, 9.17) is 4.74 Å². The van der Waals surface area contributed by atoms with Crippen molar-refractivity contribution in [1.29, 1.82) is 0 Å². The van der Waals surface area contributed by atoms with Gasteiger partial charge in [-0.05, 0) is 48.6 Å². The molecule has 0 unspecified atom stereocenters. The van der Waals surface area contributed by atoms with Crippen molar-refractivity contribution in [3.8, 4) is 5.75 Å². The summed E-state index contributed by atoms with van der Waals surface area (Å²) in [5.41, 5.74) is 1.02. The Hall–Kier alpha value is -2.05. The number of carbonyl (C=O) groups is 1. The molecule has 0 atom stereocenters. The first-order valence-corrected chi connectivity index (χ1v) is 10.5. The van der Waals surface area contributed by atoms with Gasteiger partial charge in [-0.25, -0.2) is 0 Å². The molecule has 1 saturated heterocycles. The monoisotopic (exact) mass is 385 g/mol. The number of rotatable bonds is 7. The molecule has 27 heavy (non-hydrogen) atoms. The number of anilines is 1. The lowest BCUT2D eigenvalue weighted by atomic mass is 10.0. The van der Waals surface area contributed by atoms with E-state index in [0.29, 0.717) is 0 Å². The standard InChI is InChI=1S/C21H27N3O2S/c1-26-18-6-4-17(5-7-18)24-14-12-23(13-15-24)11-10-22-20(25)21(8-9-21)19-3-2-16-27-19/h2-7,16H,8-15H2,1H3,(H,22,25). The van der Waals surface area contributed by atoms with Crippen molar-refractivity contribution in [3.05, 3.63) is 46.7 Å². The van der Waals surface area contributed by atoms with Gasteiger partial charge >= 0.3 is 0 Å². The molecule has 2 aliphatic rings. The Morgan fingerprint density at radius 2 is 1.89 bits per heavy atom. The second-order valence-corrected chi connectivity index (χ2v) is 8.29. The van der Waals surface area contributed by atoms with Gasteiger partial charge < -0.3 is 15.0 Å². The molecule has 1 saturated carbocycles. The molecule has 1 amide bonds. The van der Waals surface area contributed by atoms with Crippen molar-refractivity contribution in [2.75, 3.05) is 51.3 Å². The second-order valence-electron chi connectivity index (χ2n) is 7.34. The highest BCUT2D eigenvalue weighted by Crippen LogP contribution is 2.50. The zero-order valence-electron chi connectivity index (χ0n) is 15.8. The first-order valence-electron chi connectivity index (χ1n) is 9.65. The summed E-state index contributed by atoms with van der Waals surface area (Å²) in [6.45, 7) is 5.73. The third-order valence-electron chi connectivity index (χ3n) is 5.70. The molecule has 0 radical (unpaired) electrons. The average Bonchev–Trinajstić information content (AvgIpc) is 3.35. The number of piperazine rings is 1. The normalized spacial score (nSPS) is 18.9. The number of thiophene rings is 1. The van der Waals surface area contributed by atoms with E-state index < -0.39 is 0 Å². The predicted octanol–water partition coefficient (Wildman–Crippen LogP) is 2.73. The SMILES string of the molecule is COc1ccc(N2CCN(CCNC(=O)C3(c4cccs4)CC3)CC2)cc1. The number of amides is 1. The molecule has 1 N–H and O–H groups in total. The van der Waals surface area contributed by atoms with E-state index in [2.05, 4.69) is 38.7 Å². The molecule has 1 aliphatic heterocycles. The number of hydrogen-bond donors (Lipinski definition) is 1. The molecule has 1 aliphatic carbocycles. The molecule has 144 valence electrons. The summed E-state index contributed by atoms with van der Waals surface area (Å²) in [6, 6.07) is 12.4. The topological polar surface area (TPSA) is 44.8 Å². The fourth-order valence-corrected chi connectivity index (χ4v) is 4.76. The van der Waals surface area contributed by atoms with Crippen molar-refractivity contribution < 1.29 is 9.53 Å². The van der Waals surface area contributed by atoms with Crippen LogP contribution >= 0.6 is 11.3 Å². The lowest BCUT2D eigenvalue weighted by molar-refractivity contribution is -0.123. The van der Waals surface area contributed by atoms with Crippen LogP contribution in [0.3, 0.4) is 0 Å². The minimum absolute atomic E-state index is 0.210. The molecular weight excluding hydrogens is 358 g/mol. The third kappa shape index (κ3) is 3.96. The summed E-state index contributed by atoms with van der Waals surface area (Å²) < 4.78 is 5.23. The number of carbonyl (C=O) groups excluding carboxylic acids is 1. The van der Waals surface area contributed by atoms with Gasteiger partial charge in [0.25, 0.3) is 0 Å². The van der Waals surface area contributed by atoms with Crippen LogP contribution in [0.5, 0.6) is 5.75 Å². The summed E-state index contributed by atoms with van der Waals surface area (Å²) in [7, 11) is 1.69. The van der Waals surface area contributed by atoms with Gasteiger partial charge in [0.05, 0.1) is 12.5 Å². The number of nitrogens with one attached hydrogen (secondary N) is 1. The maximum absolute atomic E-state index is 12.6. The number of ether oxygens (including phenoxy) is 1. The van der Waals surface area contributed by atoms with E-state index >= 15 is 0 Å². The van der Waals surface area contributed by atoms with Gasteiger partial charge in [-0.2, -0.15) is 0 Å². The zero-order chi connectivity index (χ0) is 18.7. The molecule has 2 fully saturated rings. The molecule has 6 heteroatoms. The van der Waals surface area contributed by atoms with Gasteiger partial charge in [0.1, 0.15) is 5.75 Å². The van der Waals surface area contributed by atoms with Gasteiger partial charge in [-0.1, -0.05) is 6.07 Å². The summed E-state index contributed by atoms with van der Waals surface area (Å²) >= 11 is 1.70. The number of nitrogens with zero attached hydrogens (tertiary/aromatic N) is 2. The van der Waals surface area contributed by atoms with Crippen molar-refractivity contribution in [2.24, 2.45) is 0 Å². The summed E-state index contributed by atoms with van der Waals surface area (Å²) in [4.78, 5) is 18.7. The van der Waals surface area contributed by atoms with Crippen LogP contribution < -0.4 is 15.0 Å². The van der Waals surface area contributed by atoms with Crippen LogP contribution in [0.2, 0.25) is 0 Å². The van der Waals surface area contributed by atoms with Gasteiger partial charge in [-0.3, -0.25) is 9.69 Å². The van der Waals surface area contributed by atoms with Gasteiger partial charge in [-0.15, -0.1) is 11.3 Å². The first kappa shape index (κ1) is 18.3.